The number of carbonyl (C=O) groups excluding carboxylic acids is 1. The molecule has 6 heteroatoms. The Morgan fingerprint density at radius 3 is 2.70 bits per heavy atom. The molecule has 0 saturated heterocycles. The number of rotatable bonds is 3. The Bertz CT molecular complexity index is 649. The zero-order chi connectivity index (χ0) is 14.7. The summed E-state index contributed by atoms with van der Waals surface area (Å²) in [4.78, 5) is 17.6. The summed E-state index contributed by atoms with van der Waals surface area (Å²) in [5.41, 5.74) is 0.928. The number of halogens is 3. The van der Waals surface area contributed by atoms with Crippen molar-refractivity contribution in [1.29, 1.82) is 0 Å². The summed E-state index contributed by atoms with van der Waals surface area (Å²) in [5, 5.41) is 0. The molecule has 0 aliphatic heterocycles. The zero-order valence-corrected chi connectivity index (χ0v) is 12.2. The van der Waals surface area contributed by atoms with Crippen LogP contribution >= 0.6 is 15.9 Å². The number of amides is 1. The third kappa shape index (κ3) is 3.19. The summed E-state index contributed by atoms with van der Waals surface area (Å²) in [6.07, 6.45) is 1.57. The summed E-state index contributed by atoms with van der Waals surface area (Å²) in [6, 6.07) is 6.87. The normalized spacial score (nSPS) is 10.4. The predicted molar refractivity (Wildman–Crippen MR) is 74.1 cm³/mol. The average molecular weight is 341 g/mol. The monoisotopic (exact) mass is 340 g/mol. The third-order valence-corrected chi connectivity index (χ3v) is 3.37. The van der Waals surface area contributed by atoms with Gasteiger partial charge < -0.3 is 4.90 Å². The molecule has 104 valence electrons. The van der Waals surface area contributed by atoms with Crippen LogP contribution < -0.4 is 0 Å². The van der Waals surface area contributed by atoms with Crippen molar-refractivity contribution in [2.45, 2.75) is 6.54 Å². The molecular formula is C14H11BrF2N2O. The first-order valence-corrected chi connectivity index (χ1v) is 6.58. The first-order valence-electron chi connectivity index (χ1n) is 5.79. The van der Waals surface area contributed by atoms with Crippen molar-refractivity contribution in [2.75, 3.05) is 7.05 Å². The average Bonchev–Trinajstić information content (AvgIpc) is 2.42. The molecule has 1 aromatic heterocycles. The predicted octanol–water partition coefficient (Wildman–Crippen LogP) is 3.39. The molecule has 1 amide bonds. The number of benzene rings is 1. The smallest absolute Gasteiger partial charge is 0.256 e. The molecule has 0 fully saturated rings. The minimum Gasteiger partial charge on any atom is -0.337 e. The maximum absolute atomic E-state index is 13.1. The lowest BCUT2D eigenvalue weighted by Gasteiger charge is -2.17. The van der Waals surface area contributed by atoms with E-state index in [1.165, 1.54) is 11.0 Å². The quantitative estimate of drug-likeness (QED) is 0.802. The Morgan fingerprint density at radius 2 is 2.05 bits per heavy atom. The van der Waals surface area contributed by atoms with E-state index in [1.54, 1.807) is 25.4 Å². The van der Waals surface area contributed by atoms with Gasteiger partial charge in [-0.1, -0.05) is 6.07 Å². The highest BCUT2D eigenvalue weighted by atomic mass is 79.9. The first kappa shape index (κ1) is 14.6. The molecule has 0 atom stereocenters. The van der Waals surface area contributed by atoms with Crippen LogP contribution in [0.15, 0.2) is 41.1 Å². The lowest BCUT2D eigenvalue weighted by molar-refractivity contribution is 0.0783. The van der Waals surface area contributed by atoms with Crippen LogP contribution in [0.4, 0.5) is 8.78 Å². The second-order valence-electron chi connectivity index (χ2n) is 4.25. The fourth-order valence-electron chi connectivity index (χ4n) is 1.73. The minimum absolute atomic E-state index is 0.178. The Kier molecular flexibility index (Phi) is 4.44. The molecule has 0 radical (unpaired) electrons. The van der Waals surface area contributed by atoms with Crippen molar-refractivity contribution in [1.82, 2.24) is 9.88 Å². The molecule has 1 aromatic carbocycles. The van der Waals surface area contributed by atoms with E-state index < -0.39 is 11.6 Å². The SMILES string of the molecule is CN(Cc1ccc(F)c(F)c1)C(=O)c1cccnc1Br. The number of carbonyl (C=O) groups is 1. The number of pyridine rings is 1. The minimum atomic E-state index is -0.925. The van der Waals surface area contributed by atoms with Gasteiger partial charge in [-0.15, -0.1) is 0 Å². The van der Waals surface area contributed by atoms with E-state index in [4.69, 9.17) is 0 Å². The van der Waals surface area contributed by atoms with Gasteiger partial charge in [0.1, 0.15) is 4.60 Å². The first-order chi connectivity index (χ1) is 9.49. The number of hydrogen-bond donors (Lipinski definition) is 0. The van der Waals surface area contributed by atoms with Gasteiger partial charge in [0.2, 0.25) is 0 Å². The third-order valence-electron chi connectivity index (χ3n) is 2.74. The van der Waals surface area contributed by atoms with E-state index in [0.29, 0.717) is 15.7 Å². The largest absolute Gasteiger partial charge is 0.337 e. The number of aromatic nitrogens is 1. The van der Waals surface area contributed by atoms with Crippen LogP contribution in [0.5, 0.6) is 0 Å². The van der Waals surface area contributed by atoms with Crippen molar-refractivity contribution in [3.8, 4) is 0 Å². The van der Waals surface area contributed by atoms with Crippen molar-refractivity contribution in [2.24, 2.45) is 0 Å². The number of hydrogen-bond acceptors (Lipinski definition) is 2. The molecule has 0 aliphatic rings. The zero-order valence-electron chi connectivity index (χ0n) is 10.6. The highest BCUT2D eigenvalue weighted by molar-refractivity contribution is 9.10. The van der Waals surface area contributed by atoms with Crippen LogP contribution in [0.25, 0.3) is 0 Å². The lowest BCUT2D eigenvalue weighted by Crippen LogP contribution is -2.26. The second kappa shape index (κ2) is 6.09. The maximum Gasteiger partial charge on any atom is 0.256 e. The molecular weight excluding hydrogens is 330 g/mol. The van der Waals surface area contributed by atoms with Crippen LogP contribution in [0, 0.1) is 11.6 Å². The van der Waals surface area contributed by atoms with Gasteiger partial charge in [0.15, 0.2) is 11.6 Å². The molecule has 1 heterocycles. The molecule has 20 heavy (non-hydrogen) atoms. The van der Waals surface area contributed by atoms with Gasteiger partial charge in [-0.2, -0.15) is 0 Å². The highest BCUT2D eigenvalue weighted by Crippen LogP contribution is 2.16. The summed E-state index contributed by atoms with van der Waals surface area (Å²) in [5.74, 6) is -2.08. The summed E-state index contributed by atoms with van der Waals surface area (Å²) in [6.45, 7) is 0.178. The van der Waals surface area contributed by atoms with Crippen molar-refractivity contribution in [3.05, 3.63) is 63.9 Å². The van der Waals surface area contributed by atoms with Crippen molar-refractivity contribution in [3.63, 3.8) is 0 Å². The van der Waals surface area contributed by atoms with Crippen LogP contribution in [0.1, 0.15) is 15.9 Å². The molecule has 2 rings (SSSR count). The molecule has 0 N–H and O–H groups in total. The summed E-state index contributed by atoms with van der Waals surface area (Å²) < 4.78 is 26.4. The van der Waals surface area contributed by atoms with E-state index in [1.807, 2.05) is 0 Å². The summed E-state index contributed by atoms with van der Waals surface area (Å²) in [7, 11) is 1.59. The van der Waals surface area contributed by atoms with Gasteiger partial charge in [0, 0.05) is 19.8 Å². The van der Waals surface area contributed by atoms with E-state index >= 15 is 0 Å². The van der Waals surface area contributed by atoms with Gasteiger partial charge in [0.05, 0.1) is 5.56 Å². The van der Waals surface area contributed by atoms with E-state index in [9.17, 15) is 13.6 Å². The Balaban J connectivity index is 2.15. The van der Waals surface area contributed by atoms with Crippen molar-refractivity contribution >= 4 is 21.8 Å². The van der Waals surface area contributed by atoms with Gasteiger partial charge in [-0.3, -0.25) is 4.79 Å². The van der Waals surface area contributed by atoms with Crippen LogP contribution in [-0.4, -0.2) is 22.8 Å². The van der Waals surface area contributed by atoms with Crippen LogP contribution in [-0.2, 0) is 6.54 Å². The molecule has 2 aromatic rings. The molecule has 0 unspecified atom stereocenters. The fourth-order valence-corrected chi connectivity index (χ4v) is 2.15. The Morgan fingerprint density at radius 1 is 1.30 bits per heavy atom. The molecule has 3 nitrogen and oxygen atoms in total. The van der Waals surface area contributed by atoms with Gasteiger partial charge in [-0.05, 0) is 45.8 Å². The molecule has 0 saturated carbocycles. The number of nitrogens with zero attached hydrogens (tertiary/aromatic N) is 2. The van der Waals surface area contributed by atoms with Gasteiger partial charge in [0.25, 0.3) is 5.91 Å². The Hall–Kier alpha value is -1.82. The second-order valence-corrected chi connectivity index (χ2v) is 5.00. The molecule has 0 spiro atoms. The maximum atomic E-state index is 13.1. The van der Waals surface area contributed by atoms with Crippen LogP contribution in [0.2, 0.25) is 0 Å². The van der Waals surface area contributed by atoms with E-state index in [2.05, 4.69) is 20.9 Å². The van der Waals surface area contributed by atoms with Gasteiger partial charge >= 0.3 is 0 Å². The van der Waals surface area contributed by atoms with Crippen molar-refractivity contribution < 1.29 is 13.6 Å². The summed E-state index contributed by atoms with van der Waals surface area (Å²) >= 11 is 3.20. The topological polar surface area (TPSA) is 33.2 Å². The fraction of sp³-hybridized carbons (Fsp3) is 0.143. The standard InChI is InChI=1S/C14H11BrF2N2O/c1-19(8-9-4-5-11(16)12(17)7-9)14(20)10-3-2-6-18-13(10)15/h2-7H,8H2,1H3. The Labute approximate surface area is 123 Å². The highest BCUT2D eigenvalue weighted by Gasteiger charge is 2.16. The lowest BCUT2D eigenvalue weighted by atomic mass is 10.2. The van der Waals surface area contributed by atoms with E-state index in [-0.39, 0.29) is 12.5 Å². The van der Waals surface area contributed by atoms with Crippen LogP contribution in [0.3, 0.4) is 0 Å². The van der Waals surface area contributed by atoms with Gasteiger partial charge in [-0.25, -0.2) is 13.8 Å². The van der Waals surface area contributed by atoms with E-state index in [0.717, 1.165) is 12.1 Å². The molecule has 0 aliphatic carbocycles. The molecule has 0 bridgehead atoms.